The Bertz CT molecular complexity index is 1430. The summed E-state index contributed by atoms with van der Waals surface area (Å²) in [5, 5.41) is 12.0. The van der Waals surface area contributed by atoms with E-state index in [2.05, 4.69) is 35.1 Å². The van der Waals surface area contributed by atoms with Crippen LogP contribution >= 0.6 is 19.6 Å². The molecule has 1 unspecified atom stereocenters. The van der Waals surface area contributed by atoms with Crippen molar-refractivity contribution in [2.24, 2.45) is 0 Å². The predicted molar refractivity (Wildman–Crippen MR) is 282 cm³/mol. The number of amides is 4. The van der Waals surface area contributed by atoms with Gasteiger partial charge in [0.25, 0.3) is 0 Å². The van der Waals surface area contributed by atoms with Crippen LogP contribution in [0.1, 0.15) is 245 Å². The van der Waals surface area contributed by atoms with Crippen molar-refractivity contribution in [1.29, 1.82) is 0 Å². The first-order valence-electron chi connectivity index (χ1n) is 28.2. The molecule has 0 aliphatic carbocycles. The number of phosphoric acid groups is 1. The van der Waals surface area contributed by atoms with E-state index < -0.39 is 32.5 Å². The van der Waals surface area contributed by atoms with Crippen LogP contribution in [0.25, 0.3) is 0 Å². The summed E-state index contributed by atoms with van der Waals surface area (Å²) in [7, 11) is -4.59. The molecule has 70 heavy (non-hydrogen) atoms. The van der Waals surface area contributed by atoms with E-state index in [0.29, 0.717) is 37.5 Å². The lowest BCUT2D eigenvalue weighted by Crippen LogP contribution is -2.36. The fourth-order valence-corrected chi connectivity index (χ4v) is 11.3. The van der Waals surface area contributed by atoms with Crippen LogP contribution in [0, 0.1) is 0 Å². The van der Waals surface area contributed by atoms with E-state index in [0.717, 1.165) is 76.4 Å². The maximum absolute atomic E-state index is 12.8. The third kappa shape index (κ3) is 35.7. The van der Waals surface area contributed by atoms with Crippen molar-refractivity contribution >= 4 is 49.4 Å². The molecule has 0 bridgehead atoms. The van der Waals surface area contributed by atoms with Crippen LogP contribution in [-0.2, 0) is 42.3 Å². The van der Waals surface area contributed by atoms with Gasteiger partial charge in [-0.3, -0.25) is 28.2 Å². The number of carbonyl (C=O) groups excluding carboxylic acids is 5. The number of thioether (sulfide) groups is 1. The smallest absolute Gasteiger partial charge is 0.462 e. The zero-order valence-electron chi connectivity index (χ0n) is 43.9. The van der Waals surface area contributed by atoms with E-state index in [1.165, 1.54) is 116 Å². The maximum atomic E-state index is 12.8. The van der Waals surface area contributed by atoms with Gasteiger partial charge in [0.05, 0.1) is 25.3 Å². The van der Waals surface area contributed by atoms with Crippen molar-refractivity contribution in [2.75, 3.05) is 38.7 Å². The van der Waals surface area contributed by atoms with Crippen LogP contribution in [0.15, 0.2) is 0 Å². The number of rotatable bonds is 49. The molecule has 2 rings (SSSR count). The van der Waals surface area contributed by atoms with Crippen LogP contribution in [0.5, 0.6) is 0 Å². The highest BCUT2D eigenvalue weighted by molar-refractivity contribution is 8.00. The van der Waals surface area contributed by atoms with E-state index >= 15 is 0 Å². The van der Waals surface area contributed by atoms with Gasteiger partial charge in [0, 0.05) is 49.8 Å². The predicted octanol–water partition coefficient (Wildman–Crippen LogP) is 12.1. The summed E-state index contributed by atoms with van der Waals surface area (Å²) in [6, 6.07) is 0.308. The van der Waals surface area contributed by atoms with E-state index in [1.54, 1.807) is 0 Å². The Morgan fingerprint density at radius 3 is 1.59 bits per heavy atom. The molecule has 2 fully saturated rings. The molecule has 0 aromatic heterocycles. The molecule has 0 aromatic rings. The number of ether oxygens (including phenoxy) is 2. The van der Waals surface area contributed by atoms with E-state index in [1.807, 2.05) is 11.8 Å². The average molecular weight is 1030 g/mol. The summed E-state index contributed by atoms with van der Waals surface area (Å²) in [6.07, 6.45) is 36.0. The zero-order chi connectivity index (χ0) is 50.8. The fraction of sp³-hybridized carbons (Fsp3) is 0.906. The highest BCUT2D eigenvalue weighted by atomic mass is 32.2. The van der Waals surface area contributed by atoms with Crippen molar-refractivity contribution < 1.29 is 52.0 Å². The Morgan fingerprint density at radius 2 is 1.04 bits per heavy atom. The highest BCUT2D eigenvalue weighted by Crippen LogP contribution is 2.43. The van der Waals surface area contributed by atoms with Crippen LogP contribution in [0.4, 0.5) is 4.79 Å². The molecule has 15 nitrogen and oxygen atoms in total. The molecule has 0 spiro atoms. The minimum Gasteiger partial charge on any atom is -0.462 e. The first kappa shape index (κ1) is 63.7. The Labute approximate surface area is 428 Å². The second-order valence-electron chi connectivity index (χ2n) is 19.8. The van der Waals surface area contributed by atoms with E-state index in [-0.39, 0.29) is 69.0 Å². The molecule has 0 aromatic carbocycles. The monoisotopic (exact) mass is 1030 g/mol. The van der Waals surface area contributed by atoms with Gasteiger partial charge in [0.1, 0.15) is 6.61 Å². The minimum atomic E-state index is -4.59. The quantitative estimate of drug-likeness (QED) is 0.0167. The van der Waals surface area contributed by atoms with Crippen molar-refractivity contribution in [3.8, 4) is 0 Å². The second kappa shape index (κ2) is 43.1. The van der Waals surface area contributed by atoms with Crippen LogP contribution in [-0.4, -0.2) is 96.8 Å². The largest absolute Gasteiger partial charge is 0.472 e. The molecule has 2 aliphatic rings. The lowest BCUT2D eigenvalue weighted by atomic mass is 10.0. The highest BCUT2D eigenvalue weighted by Gasteiger charge is 2.42. The van der Waals surface area contributed by atoms with Gasteiger partial charge in [-0.2, -0.15) is 11.8 Å². The lowest BCUT2D eigenvalue weighted by molar-refractivity contribution is -0.161. The molecule has 0 saturated carbocycles. The minimum absolute atomic E-state index is 0.0106. The van der Waals surface area contributed by atoms with E-state index in [9.17, 15) is 33.4 Å². The molecular weight excluding hydrogens is 932 g/mol. The Kier molecular flexibility index (Phi) is 39.2. The molecule has 5 atom stereocenters. The molecule has 408 valence electrons. The number of phosphoric ester groups is 1. The van der Waals surface area contributed by atoms with Crippen molar-refractivity contribution in [3.63, 3.8) is 0 Å². The van der Waals surface area contributed by atoms with Gasteiger partial charge >= 0.3 is 25.8 Å². The number of hydrogen-bond acceptors (Lipinski definition) is 11. The van der Waals surface area contributed by atoms with Gasteiger partial charge in [-0.1, -0.05) is 181 Å². The molecule has 5 N–H and O–H groups in total. The SMILES string of the molecule is CCCCCCCCCCCCCCCC(=O)OC[C@H](COP(=O)(O)OCCNC(=O)CCCCCNC(=O)CCCC[C@@H]1SC[C@@H]2NC(=O)N[C@@H]21)OC(=O)CCCCCCCCCCCCCCC. The number of fused-ring (bicyclic) bond motifs is 1. The van der Waals surface area contributed by atoms with Crippen LogP contribution < -0.4 is 21.3 Å². The fourth-order valence-electron chi connectivity index (χ4n) is 9.03. The van der Waals surface area contributed by atoms with Crippen LogP contribution in [0.2, 0.25) is 0 Å². The summed E-state index contributed by atoms with van der Waals surface area (Å²) in [4.78, 5) is 72.0. The molecule has 2 saturated heterocycles. The maximum Gasteiger partial charge on any atom is 0.472 e. The number of nitrogens with one attached hydrogen (secondary N) is 4. The Balaban J connectivity index is 1.59. The third-order valence-corrected chi connectivity index (χ3v) is 15.8. The van der Waals surface area contributed by atoms with Crippen molar-refractivity contribution in [3.05, 3.63) is 0 Å². The number of carbonyl (C=O) groups is 5. The summed E-state index contributed by atoms with van der Waals surface area (Å²) in [6.45, 7) is 3.93. The Hall–Kier alpha value is -2.39. The lowest BCUT2D eigenvalue weighted by Gasteiger charge is -2.20. The van der Waals surface area contributed by atoms with Gasteiger partial charge < -0.3 is 35.6 Å². The second-order valence-corrected chi connectivity index (χ2v) is 22.5. The normalized spacial score (nSPS) is 17.6. The average Bonchev–Trinajstić information content (AvgIpc) is 3.90. The summed E-state index contributed by atoms with van der Waals surface area (Å²) in [5.41, 5.74) is 0. The zero-order valence-corrected chi connectivity index (χ0v) is 45.6. The van der Waals surface area contributed by atoms with Crippen molar-refractivity contribution in [1.82, 2.24) is 21.3 Å². The standard InChI is InChI=1S/C53H99N4O11PS/c1-3-5-7-9-11-13-15-17-19-21-23-25-29-37-50(60)65-42-45(68-51(61)38-30-26-24-22-20-18-16-14-12-10-8-6-4-2)43-67-69(63,64)66-41-40-55-49(59)35-28-27-33-39-54-48(58)36-32-31-34-47-52-46(44-70-47)56-53(62)57-52/h45-47,52H,3-44H2,1-2H3,(H,54,58)(H,55,59)(H,63,64)(H2,56,57,62)/t45-,46+,47+,52+/m1/s1. The van der Waals surface area contributed by atoms with E-state index in [4.69, 9.17) is 18.5 Å². The summed E-state index contributed by atoms with van der Waals surface area (Å²) < 4.78 is 34.0. The summed E-state index contributed by atoms with van der Waals surface area (Å²) in [5.74, 6) is -0.174. The number of esters is 2. The topological polar surface area (TPSA) is 208 Å². The van der Waals surface area contributed by atoms with Gasteiger partial charge in [-0.25, -0.2) is 9.36 Å². The van der Waals surface area contributed by atoms with Crippen LogP contribution in [0.3, 0.4) is 0 Å². The first-order valence-corrected chi connectivity index (χ1v) is 30.8. The van der Waals surface area contributed by atoms with Crippen molar-refractivity contribution in [2.45, 2.75) is 268 Å². The third-order valence-electron chi connectivity index (χ3n) is 13.3. The molecular formula is C53H99N4O11PS. The number of hydrogen-bond donors (Lipinski definition) is 5. The number of urea groups is 1. The van der Waals surface area contributed by atoms with Gasteiger partial charge in [0.2, 0.25) is 11.8 Å². The Morgan fingerprint density at radius 1 is 0.586 bits per heavy atom. The molecule has 4 amide bonds. The molecule has 2 heterocycles. The van der Waals surface area contributed by atoms with Gasteiger partial charge in [0.15, 0.2) is 6.10 Å². The first-order chi connectivity index (χ1) is 34.0. The molecule has 0 radical (unpaired) electrons. The molecule has 17 heteroatoms. The van der Waals surface area contributed by atoms with Gasteiger partial charge in [-0.05, 0) is 38.5 Å². The number of unbranched alkanes of at least 4 members (excludes halogenated alkanes) is 27. The molecule has 2 aliphatic heterocycles. The summed E-state index contributed by atoms with van der Waals surface area (Å²) >= 11 is 1.88. The van der Waals surface area contributed by atoms with Gasteiger partial charge in [-0.15, -0.1) is 0 Å².